The Morgan fingerprint density at radius 2 is 1.83 bits per heavy atom. The molecular weight excluding hydrogens is 310 g/mol. The molecule has 6 heteroatoms. The number of aromatic amines is 1. The molecule has 3 aromatic rings. The molecule has 23 heavy (non-hydrogen) atoms. The third-order valence-electron chi connectivity index (χ3n) is 4.04. The highest BCUT2D eigenvalue weighted by atomic mass is 35.5. The monoisotopic (exact) mass is 325 g/mol. The van der Waals surface area contributed by atoms with Gasteiger partial charge in [0.1, 0.15) is 5.82 Å². The Balaban J connectivity index is 1.84. The fourth-order valence-corrected chi connectivity index (χ4v) is 2.98. The van der Waals surface area contributed by atoms with Gasteiger partial charge in [-0.1, -0.05) is 23.7 Å². The molecule has 1 fully saturated rings. The Labute approximate surface area is 139 Å². The molecule has 0 amide bonds. The van der Waals surface area contributed by atoms with E-state index in [4.69, 9.17) is 16.6 Å². The van der Waals surface area contributed by atoms with E-state index in [1.165, 1.54) is 12.8 Å². The fourth-order valence-electron chi connectivity index (χ4n) is 2.86. The molecule has 0 radical (unpaired) electrons. The Morgan fingerprint density at radius 1 is 1.04 bits per heavy atom. The largest absolute Gasteiger partial charge is 0.345 e. The van der Waals surface area contributed by atoms with Gasteiger partial charge >= 0.3 is 0 Å². The van der Waals surface area contributed by atoms with Crippen LogP contribution in [0.5, 0.6) is 0 Å². The van der Waals surface area contributed by atoms with Gasteiger partial charge in [-0.15, -0.1) is 0 Å². The van der Waals surface area contributed by atoms with Crippen molar-refractivity contribution in [2.45, 2.75) is 12.8 Å². The SMILES string of the molecule is Clc1ccc(-c2nc(N3CCCC3)ncc2-c2ncc[nH]2)cc1. The molecule has 0 saturated carbocycles. The van der Waals surface area contributed by atoms with Gasteiger partial charge in [-0.2, -0.15) is 0 Å². The van der Waals surface area contributed by atoms with Crippen molar-refractivity contribution in [3.05, 3.63) is 47.9 Å². The molecule has 4 rings (SSSR count). The number of nitrogens with zero attached hydrogens (tertiary/aromatic N) is 4. The standard InChI is InChI=1S/C17H16ClN5/c18-13-5-3-12(4-6-13)15-14(16-19-7-8-20-16)11-21-17(22-15)23-9-1-2-10-23/h3-8,11H,1-2,9-10H2,(H,19,20). The minimum absolute atomic E-state index is 0.710. The third-order valence-corrected chi connectivity index (χ3v) is 4.29. The number of aromatic nitrogens is 4. The van der Waals surface area contributed by atoms with E-state index >= 15 is 0 Å². The van der Waals surface area contributed by atoms with Crippen molar-refractivity contribution < 1.29 is 0 Å². The van der Waals surface area contributed by atoms with Crippen LogP contribution in [-0.2, 0) is 0 Å². The fraction of sp³-hybridized carbons (Fsp3) is 0.235. The number of H-pyrrole nitrogens is 1. The van der Waals surface area contributed by atoms with Gasteiger partial charge < -0.3 is 9.88 Å². The Bertz CT molecular complexity index is 792. The lowest BCUT2D eigenvalue weighted by Gasteiger charge is -2.17. The molecule has 0 bridgehead atoms. The molecule has 1 aromatic carbocycles. The highest BCUT2D eigenvalue weighted by Gasteiger charge is 2.19. The summed E-state index contributed by atoms with van der Waals surface area (Å²) >= 11 is 6.01. The first-order valence-electron chi connectivity index (χ1n) is 7.69. The van der Waals surface area contributed by atoms with E-state index < -0.39 is 0 Å². The number of halogens is 1. The van der Waals surface area contributed by atoms with E-state index in [1.807, 2.05) is 30.5 Å². The molecule has 0 atom stereocenters. The van der Waals surface area contributed by atoms with Crippen molar-refractivity contribution >= 4 is 17.5 Å². The zero-order chi connectivity index (χ0) is 15.6. The van der Waals surface area contributed by atoms with Crippen LogP contribution in [0.15, 0.2) is 42.9 Å². The molecule has 1 aliphatic rings. The first kappa shape index (κ1) is 14.2. The topological polar surface area (TPSA) is 57.7 Å². The molecule has 3 heterocycles. The highest BCUT2D eigenvalue weighted by Crippen LogP contribution is 2.30. The summed E-state index contributed by atoms with van der Waals surface area (Å²) in [5.41, 5.74) is 2.76. The number of hydrogen-bond donors (Lipinski definition) is 1. The number of imidazole rings is 1. The minimum Gasteiger partial charge on any atom is -0.345 e. The second kappa shape index (κ2) is 6.01. The lowest BCUT2D eigenvalue weighted by Crippen LogP contribution is -2.20. The summed E-state index contributed by atoms with van der Waals surface area (Å²) in [4.78, 5) is 19.1. The van der Waals surface area contributed by atoms with Gasteiger partial charge in [0.15, 0.2) is 0 Å². The van der Waals surface area contributed by atoms with Crippen molar-refractivity contribution in [1.82, 2.24) is 19.9 Å². The summed E-state index contributed by atoms with van der Waals surface area (Å²) in [5.74, 6) is 1.55. The minimum atomic E-state index is 0.710. The van der Waals surface area contributed by atoms with E-state index in [0.29, 0.717) is 5.02 Å². The number of anilines is 1. The lowest BCUT2D eigenvalue weighted by molar-refractivity contribution is 0.900. The molecule has 1 N–H and O–H groups in total. The molecule has 0 spiro atoms. The van der Waals surface area contributed by atoms with Crippen molar-refractivity contribution in [3.63, 3.8) is 0 Å². The summed E-state index contributed by atoms with van der Waals surface area (Å²) < 4.78 is 0. The molecule has 0 unspecified atom stereocenters. The summed E-state index contributed by atoms with van der Waals surface area (Å²) in [6.45, 7) is 2.03. The normalized spacial score (nSPS) is 14.4. The lowest BCUT2D eigenvalue weighted by atomic mass is 10.1. The smallest absolute Gasteiger partial charge is 0.225 e. The maximum atomic E-state index is 6.01. The summed E-state index contributed by atoms with van der Waals surface area (Å²) in [7, 11) is 0. The van der Waals surface area contributed by atoms with Gasteiger partial charge in [0.05, 0.1) is 11.3 Å². The number of benzene rings is 1. The van der Waals surface area contributed by atoms with E-state index in [2.05, 4.69) is 19.9 Å². The summed E-state index contributed by atoms with van der Waals surface area (Å²) in [6, 6.07) is 7.70. The predicted molar refractivity (Wildman–Crippen MR) is 91.5 cm³/mol. The van der Waals surface area contributed by atoms with Gasteiger partial charge in [-0.05, 0) is 25.0 Å². The molecule has 5 nitrogen and oxygen atoms in total. The van der Waals surface area contributed by atoms with Crippen molar-refractivity contribution in [2.75, 3.05) is 18.0 Å². The van der Waals surface area contributed by atoms with Crippen LogP contribution in [0, 0.1) is 0 Å². The van der Waals surface area contributed by atoms with Crippen LogP contribution in [-0.4, -0.2) is 33.0 Å². The van der Waals surface area contributed by atoms with Crippen LogP contribution in [0.25, 0.3) is 22.6 Å². The van der Waals surface area contributed by atoms with E-state index in [-0.39, 0.29) is 0 Å². The maximum Gasteiger partial charge on any atom is 0.225 e. The molecule has 1 saturated heterocycles. The van der Waals surface area contributed by atoms with Gasteiger partial charge in [-0.3, -0.25) is 0 Å². The van der Waals surface area contributed by atoms with Crippen molar-refractivity contribution in [3.8, 4) is 22.6 Å². The molecule has 1 aliphatic heterocycles. The second-order valence-electron chi connectivity index (χ2n) is 5.57. The van der Waals surface area contributed by atoms with Crippen LogP contribution in [0.2, 0.25) is 5.02 Å². The second-order valence-corrected chi connectivity index (χ2v) is 6.01. The van der Waals surface area contributed by atoms with Crippen LogP contribution < -0.4 is 4.90 Å². The number of hydrogen-bond acceptors (Lipinski definition) is 4. The molecule has 0 aliphatic carbocycles. The van der Waals surface area contributed by atoms with Crippen LogP contribution in [0.3, 0.4) is 0 Å². The zero-order valence-corrected chi connectivity index (χ0v) is 13.3. The van der Waals surface area contributed by atoms with Crippen molar-refractivity contribution in [1.29, 1.82) is 0 Å². The highest BCUT2D eigenvalue weighted by molar-refractivity contribution is 6.30. The zero-order valence-electron chi connectivity index (χ0n) is 12.5. The average Bonchev–Trinajstić information content (AvgIpc) is 3.29. The predicted octanol–water partition coefficient (Wildman–Crippen LogP) is 3.79. The average molecular weight is 326 g/mol. The van der Waals surface area contributed by atoms with Gasteiger partial charge in [0.2, 0.25) is 5.95 Å². The van der Waals surface area contributed by atoms with Gasteiger partial charge in [0.25, 0.3) is 0 Å². The first-order chi connectivity index (χ1) is 11.3. The van der Waals surface area contributed by atoms with Gasteiger partial charge in [0, 0.05) is 42.3 Å². The van der Waals surface area contributed by atoms with E-state index in [1.54, 1.807) is 12.4 Å². The van der Waals surface area contributed by atoms with Crippen LogP contribution in [0.4, 0.5) is 5.95 Å². The molecule has 116 valence electrons. The quantitative estimate of drug-likeness (QED) is 0.796. The van der Waals surface area contributed by atoms with E-state index in [9.17, 15) is 0 Å². The van der Waals surface area contributed by atoms with Crippen LogP contribution >= 0.6 is 11.6 Å². The summed E-state index contributed by atoms with van der Waals surface area (Å²) in [6.07, 6.45) is 7.77. The maximum absolute atomic E-state index is 6.01. The Kier molecular flexibility index (Phi) is 3.71. The molecule has 2 aromatic heterocycles. The number of rotatable bonds is 3. The van der Waals surface area contributed by atoms with E-state index in [0.717, 1.165) is 41.7 Å². The van der Waals surface area contributed by atoms with Gasteiger partial charge in [-0.25, -0.2) is 15.0 Å². The Morgan fingerprint density at radius 3 is 2.52 bits per heavy atom. The number of nitrogens with one attached hydrogen (secondary N) is 1. The first-order valence-corrected chi connectivity index (χ1v) is 8.07. The van der Waals surface area contributed by atoms with Crippen molar-refractivity contribution in [2.24, 2.45) is 0 Å². The van der Waals surface area contributed by atoms with Crippen LogP contribution in [0.1, 0.15) is 12.8 Å². The third kappa shape index (κ3) is 2.80. The summed E-state index contributed by atoms with van der Waals surface area (Å²) in [5, 5.41) is 0.710. The Hall–Kier alpha value is -2.40. The molecular formula is C17H16ClN5.